The lowest BCUT2D eigenvalue weighted by Crippen LogP contribution is -2.31. The van der Waals surface area contributed by atoms with Crippen LogP contribution in [0, 0.1) is 5.92 Å². The van der Waals surface area contributed by atoms with Gasteiger partial charge in [-0.3, -0.25) is 0 Å². The molecule has 0 bridgehead atoms. The molecule has 118 valence electrons. The first-order chi connectivity index (χ1) is 10.2. The van der Waals surface area contributed by atoms with Crippen LogP contribution in [0.4, 0.5) is 0 Å². The zero-order chi connectivity index (χ0) is 15.2. The smallest absolute Gasteiger partial charge is 0.162 e. The topological polar surface area (TPSA) is 50.7 Å². The minimum Gasteiger partial charge on any atom is -0.490 e. The standard InChI is InChI=1S/C16H24BrNO3/c1-3-20-14-9-12(13(17)10-15(14)21-4-2)16(19)11-5-7-18-8-6-11/h9-11,16,18-19H,3-8H2,1-2H3. The minimum atomic E-state index is -0.476. The van der Waals surface area contributed by atoms with Gasteiger partial charge in [0.1, 0.15) is 0 Å². The lowest BCUT2D eigenvalue weighted by Gasteiger charge is -2.28. The Morgan fingerprint density at radius 3 is 2.33 bits per heavy atom. The summed E-state index contributed by atoms with van der Waals surface area (Å²) in [6.07, 6.45) is 1.51. The van der Waals surface area contributed by atoms with Gasteiger partial charge in [-0.25, -0.2) is 0 Å². The number of ether oxygens (including phenoxy) is 2. The second kappa shape index (κ2) is 8.01. The summed E-state index contributed by atoms with van der Waals surface area (Å²) in [6, 6.07) is 3.80. The molecule has 1 aromatic carbocycles. The van der Waals surface area contributed by atoms with E-state index in [-0.39, 0.29) is 5.92 Å². The first kappa shape index (κ1) is 16.6. The van der Waals surface area contributed by atoms with E-state index in [1.54, 1.807) is 0 Å². The number of hydrogen-bond acceptors (Lipinski definition) is 4. The van der Waals surface area contributed by atoms with E-state index in [0.29, 0.717) is 24.7 Å². The highest BCUT2D eigenvalue weighted by Gasteiger charge is 2.26. The van der Waals surface area contributed by atoms with Crippen molar-refractivity contribution in [1.29, 1.82) is 0 Å². The van der Waals surface area contributed by atoms with Crippen molar-refractivity contribution in [1.82, 2.24) is 5.32 Å². The number of hydrogen-bond donors (Lipinski definition) is 2. The molecule has 0 aliphatic carbocycles. The summed E-state index contributed by atoms with van der Waals surface area (Å²) in [4.78, 5) is 0. The van der Waals surface area contributed by atoms with Gasteiger partial charge in [0, 0.05) is 4.47 Å². The molecule has 1 heterocycles. The molecule has 5 heteroatoms. The van der Waals surface area contributed by atoms with Gasteiger partial charge in [-0.05, 0) is 63.4 Å². The van der Waals surface area contributed by atoms with Crippen molar-refractivity contribution < 1.29 is 14.6 Å². The normalized spacial score (nSPS) is 17.5. The lowest BCUT2D eigenvalue weighted by atomic mass is 9.88. The van der Waals surface area contributed by atoms with Gasteiger partial charge >= 0.3 is 0 Å². The van der Waals surface area contributed by atoms with E-state index >= 15 is 0 Å². The third-order valence-electron chi connectivity index (χ3n) is 3.81. The molecule has 2 rings (SSSR count). The molecule has 0 amide bonds. The highest BCUT2D eigenvalue weighted by Crippen LogP contribution is 2.40. The summed E-state index contributed by atoms with van der Waals surface area (Å²) in [6.45, 7) is 6.98. The van der Waals surface area contributed by atoms with Crippen molar-refractivity contribution in [2.24, 2.45) is 5.92 Å². The number of rotatable bonds is 6. The second-order valence-electron chi connectivity index (χ2n) is 5.22. The maximum Gasteiger partial charge on any atom is 0.162 e. The van der Waals surface area contributed by atoms with Crippen molar-refractivity contribution in [2.45, 2.75) is 32.8 Å². The van der Waals surface area contributed by atoms with Gasteiger partial charge in [0.15, 0.2) is 11.5 Å². The highest BCUT2D eigenvalue weighted by molar-refractivity contribution is 9.10. The van der Waals surface area contributed by atoms with Crippen molar-refractivity contribution in [3.05, 3.63) is 22.2 Å². The number of piperidine rings is 1. The molecule has 1 aromatic rings. The van der Waals surface area contributed by atoms with Crippen LogP contribution in [-0.2, 0) is 0 Å². The summed E-state index contributed by atoms with van der Waals surface area (Å²) in [7, 11) is 0. The molecule has 1 saturated heterocycles. The number of benzene rings is 1. The van der Waals surface area contributed by atoms with E-state index in [4.69, 9.17) is 9.47 Å². The van der Waals surface area contributed by atoms with Gasteiger partial charge in [-0.2, -0.15) is 0 Å². The first-order valence-electron chi connectivity index (χ1n) is 7.65. The second-order valence-corrected chi connectivity index (χ2v) is 6.07. The van der Waals surface area contributed by atoms with Gasteiger partial charge in [0.05, 0.1) is 19.3 Å². The Bertz CT molecular complexity index is 461. The maximum atomic E-state index is 10.7. The third-order valence-corrected chi connectivity index (χ3v) is 4.50. The van der Waals surface area contributed by atoms with Crippen LogP contribution in [0.25, 0.3) is 0 Å². The summed E-state index contributed by atoms with van der Waals surface area (Å²) in [5.74, 6) is 1.70. The molecule has 1 fully saturated rings. The van der Waals surface area contributed by atoms with Crippen LogP contribution in [0.15, 0.2) is 16.6 Å². The molecule has 0 spiro atoms. The molecule has 1 atom stereocenters. The van der Waals surface area contributed by atoms with Crippen molar-refractivity contribution in [2.75, 3.05) is 26.3 Å². The molecule has 1 aliphatic heterocycles. The molecular weight excluding hydrogens is 334 g/mol. The maximum absolute atomic E-state index is 10.7. The van der Waals surface area contributed by atoms with E-state index < -0.39 is 6.10 Å². The predicted octanol–water partition coefficient (Wildman–Crippen LogP) is 3.28. The average Bonchev–Trinajstić information content (AvgIpc) is 2.50. The Balaban J connectivity index is 2.27. The van der Waals surface area contributed by atoms with Gasteiger partial charge in [-0.15, -0.1) is 0 Å². The molecule has 2 N–H and O–H groups in total. The number of halogens is 1. The number of nitrogens with one attached hydrogen (secondary N) is 1. The monoisotopic (exact) mass is 357 g/mol. The van der Waals surface area contributed by atoms with Gasteiger partial charge < -0.3 is 19.9 Å². The largest absolute Gasteiger partial charge is 0.490 e. The van der Waals surface area contributed by atoms with Gasteiger partial charge in [0.25, 0.3) is 0 Å². The van der Waals surface area contributed by atoms with Crippen LogP contribution >= 0.6 is 15.9 Å². The molecular formula is C16H24BrNO3. The summed E-state index contributed by atoms with van der Waals surface area (Å²) < 4.78 is 12.1. The molecule has 0 saturated carbocycles. The van der Waals surface area contributed by atoms with Crippen molar-refractivity contribution >= 4 is 15.9 Å². The minimum absolute atomic E-state index is 0.287. The highest BCUT2D eigenvalue weighted by atomic mass is 79.9. The van der Waals surface area contributed by atoms with Crippen LogP contribution < -0.4 is 14.8 Å². The Hall–Kier alpha value is -0.780. The molecule has 1 aliphatic rings. The number of aliphatic hydroxyl groups excluding tert-OH is 1. The van der Waals surface area contributed by atoms with E-state index in [0.717, 1.165) is 36.0 Å². The SMILES string of the molecule is CCOc1cc(Br)c(C(O)C2CCNCC2)cc1OCC. The van der Waals surface area contributed by atoms with Crippen LogP contribution in [-0.4, -0.2) is 31.4 Å². The summed E-state index contributed by atoms with van der Waals surface area (Å²) in [5.41, 5.74) is 0.883. The molecule has 1 unspecified atom stereocenters. The third kappa shape index (κ3) is 4.11. The Labute approximate surface area is 135 Å². The fourth-order valence-corrected chi connectivity index (χ4v) is 3.28. The average molecular weight is 358 g/mol. The summed E-state index contributed by atoms with van der Waals surface area (Å²) >= 11 is 3.56. The van der Waals surface area contributed by atoms with E-state index in [2.05, 4.69) is 21.2 Å². The Morgan fingerprint density at radius 1 is 1.19 bits per heavy atom. The van der Waals surface area contributed by atoms with E-state index in [1.807, 2.05) is 26.0 Å². The Kier molecular flexibility index (Phi) is 6.33. The molecule has 0 radical (unpaired) electrons. The zero-order valence-corrected chi connectivity index (χ0v) is 14.3. The van der Waals surface area contributed by atoms with Crippen LogP contribution in [0.1, 0.15) is 38.4 Å². The molecule has 0 aromatic heterocycles. The fraction of sp³-hybridized carbons (Fsp3) is 0.625. The van der Waals surface area contributed by atoms with Crippen LogP contribution in [0.5, 0.6) is 11.5 Å². The van der Waals surface area contributed by atoms with Crippen molar-refractivity contribution in [3.63, 3.8) is 0 Å². The van der Waals surface area contributed by atoms with E-state index in [1.165, 1.54) is 0 Å². The van der Waals surface area contributed by atoms with Crippen molar-refractivity contribution in [3.8, 4) is 11.5 Å². The fourth-order valence-electron chi connectivity index (χ4n) is 2.73. The van der Waals surface area contributed by atoms with Gasteiger partial charge in [-0.1, -0.05) is 15.9 Å². The zero-order valence-electron chi connectivity index (χ0n) is 12.7. The van der Waals surface area contributed by atoms with Gasteiger partial charge in [0.2, 0.25) is 0 Å². The van der Waals surface area contributed by atoms with Crippen LogP contribution in [0.2, 0.25) is 0 Å². The molecule has 21 heavy (non-hydrogen) atoms. The van der Waals surface area contributed by atoms with Crippen LogP contribution in [0.3, 0.4) is 0 Å². The number of aliphatic hydroxyl groups is 1. The Morgan fingerprint density at radius 2 is 1.76 bits per heavy atom. The lowest BCUT2D eigenvalue weighted by molar-refractivity contribution is 0.0879. The molecule has 4 nitrogen and oxygen atoms in total. The van der Waals surface area contributed by atoms with E-state index in [9.17, 15) is 5.11 Å². The predicted molar refractivity (Wildman–Crippen MR) is 87.0 cm³/mol. The summed E-state index contributed by atoms with van der Waals surface area (Å²) in [5, 5.41) is 14.0. The first-order valence-corrected chi connectivity index (χ1v) is 8.44. The quantitative estimate of drug-likeness (QED) is 0.820.